The molecule has 0 bridgehead atoms. The average molecular weight is 246 g/mol. The van der Waals surface area contributed by atoms with E-state index in [2.05, 4.69) is 9.72 Å². The first-order valence-electron chi connectivity index (χ1n) is 3.38. The summed E-state index contributed by atoms with van der Waals surface area (Å²) in [7, 11) is 0. The molecule has 0 amide bonds. The number of hydrogen-bond donors (Lipinski definition) is 0. The van der Waals surface area contributed by atoms with E-state index in [0.717, 1.165) is 6.07 Å². The van der Waals surface area contributed by atoms with Gasteiger partial charge in [-0.15, -0.1) is 13.2 Å². The van der Waals surface area contributed by atoms with Gasteiger partial charge in [0.25, 0.3) is 0 Å². The predicted molar refractivity (Wildman–Crippen MR) is 45.7 cm³/mol. The van der Waals surface area contributed by atoms with E-state index in [0.29, 0.717) is 0 Å². The fraction of sp³-hybridized carbons (Fsp3) is 0.286. The van der Waals surface area contributed by atoms with Gasteiger partial charge in [-0.05, 0) is 13.0 Å². The van der Waals surface area contributed by atoms with E-state index in [1.54, 1.807) is 0 Å². The van der Waals surface area contributed by atoms with Crippen LogP contribution in [-0.2, 0) is 0 Å². The summed E-state index contributed by atoms with van der Waals surface area (Å²) >= 11 is 11.0. The maximum absolute atomic E-state index is 11.8. The first-order valence-corrected chi connectivity index (χ1v) is 4.13. The predicted octanol–water partition coefficient (Wildman–Crippen LogP) is 3.60. The zero-order valence-corrected chi connectivity index (χ0v) is 8.33. The van der Waals surface area contributed by atoms with Crippen molar-refractivity contribution in [2.24, 2.45) is 0 Å². The van der Waals surface area contributed by atoms with E-state index in [1.807, 2.05) is 0 Å². The molecule has 0 atom stereocenters. The Morgan fingerprint density at radius 1 is 1.29 bits per heavy atom. The van der Waals surface area contributed by atoms with Gasteiger partial charge in [0.2, 0.25) is 5.88 Å². The van der Waals surface area contributed by atoms with Crippen LogP contribution < -0.4 is 4.74 Å². The molecular formula is C7H4Cl2F3NO. The van der Waals surface area contributed by atoms with Gasteiger partial charge < -0.3 is 4.74 Å². The van der Waals surface area contributed by atoms with Crippen LogP contribution in [0.2, 0.25) is 10.0 Å². The highest BCUT2D eigenvalue weighted by Gasteiger charge is 2.33. The third-order valence-corrected chi connectivity index (χ3v) is 1.94. The molecule has 2 nitrogen and oxygen atoms in total. The van der Waals surface area contributed by atoms with E-state index < -0.39 is 12.2 Å². The van der Waals surface area contributed by atoms with Crippen LogP contribution in [0.4, 0.5) is 13.2 Å². The second-order valence-corrected chi connectivity index (χ2v) is 3.20. The van der Waals surface area contributed by atoms with Gasteiger partial charge in [-0.2, -0.15) is 0 Å². The van der Waals surface area contributed by atoms with Crippen molar-refractivity contribution in [3.05, 3.63) is 21.8 Å². The van der Waals surface area contributed by atoms with Crippen molar-refractivity contribution in [2.45, 2.75) is 13.3 Å². The highest BCUT2D eigenvalue weighted by molar-refractivity contribution is 6.35. The van der Waals surface area contributed by atoms with Crippen LogP contribution in [0.15, 0.2) is 6.07 Å². The monoisotopic (exact) mass is 245 g/mol. The Kier molecular flexibility index (Phi) is 3.11. The molecule has 0 fully saturated rings. The molecule has 0 saturated carbocycles. The molecule has 0 unspecified atom stereocenters. The fourth-order valence-electron chi connectivity index (χ4n) is 0.718. The molecule has 1 heterocycles. The smallest absolute Gasteiger partial charge is 0.386 e. The lowest BCUT2D eigenvalue weighted by Gasteiger charge is -2.10. The van der Waals surface area contributed by atoms with Crippen LogP contribution >= 0.6 is 23.2 Å². The summed E-state index contributed by atoms with van der Waals surface area (Å²) in [6.45, 7) is 1.45. The van der Waals surface area contributed by atoms with Gasteiger partial charge >= 0.3 is 6.36 Å². The molecule has 0 saturated heterocycles. The lowest BCUT2D eigenvalue weighted by molar-refractivity contribution is -0.276. The first kappa shape index (κ1) is 11.4. The molecule has 1 aromatic rings. The molecule has 0 aliphatic rings. The summed E-state index contributed by atoms with van der Waals surface area (Å²) in [5.41, 5.74) is 0.218. The molecule has 14 heavy (non-hydrogen) atoms. The minimum absolute atomic E-state index is 0.185. The summed E-state index contributed by atoms with van der Waals surface area (Å²) < 4.78 is 39.0. The molecule has 7 heteroatoms. The second-order valence-electron chi connectivity index (χ2n) is 2.39. The minimum atomic E-state index is -4.81. The van der Waals surface area contributed by atoms with E-state index in [1.165, 1.54) is 6.92 Å². The molecule has 0 radical (unpaired) electrons. The lowest BCUT2D eigenvalue weighted by atomic mass is 10.4. The quantitative estimate of drug-likeness (QED) is 0.755. The van der Waals surface area contributed by atoms with Gasteiger partial charge in [0, 0.05) is 0 Å². The van der Waals surface area contributed by atoms with Crippen LogP contribution in [0.3, 0.4) is 0 Å². The zero-order chi connectivity index (χ0) is 10.9. The van der Waals surface area contributed by atoms with E-state index in [-0.39, 0.29) is 15.7 Å². The fourth-order valence-corrected chi connectivity index (χ4v) is 1.11. The van der Waals surface area contributed by atoms with Crippen LogP contribution in [0, 0.1) is 6.92 Å². The van der Waals surface area contributed by atoms with Gasteiger partial charge in [0.15, 0.2) is 0 Å². The number of nitrogens with zero attached hydrogens (tertiary/aromatic N) is 1. The molecule has 0 aliphatic carbocycles. The molecule has 0 N–H and O–H groups in total. The Labute approximate surface area is 87.6 Å². The Morgan fingerprint density at radius 2 is 1.86 bits per heavy atom. The van der Waals surface area contributed by atoms with Crippen LogP contribution in [-0.4, -0.2) is 11.3 Å². The summed E-state index contributed by atoms with van der Waals surface area (Å²) in [4.78, 5) is 3.45. The van der Waals surface area contributed by atoms with Crippen LogP contribution in [0.5, 0.6) is 5.88 Å². The van der Waals surface area contributed by atoms with Crippen molar-refractivity contribution in [1.29, 1.82) is 0 Å². The SMILES string of the molecule is Cc1nc(OC(F)(F)F)c(Cl)cc1Cl. The molecule has 1 aromatic heterocycles. The first-order chi connectivity index (χ1) is 6.29. The number of aromatic nitrogens is 1. The van der Waals surface area contributed by atoms with Crippen molar-refractivity contribution >= 4 is 23.2 Å². The normalized spacial score (nSPS) is 11.6. The number of ether oxygens (including phenoxy) is 1. The molecule has 1 rings (SSSR count). The molecular weight excluding hydrogens is 242 g/mol. The van der Waals surface area contributed by atoms with Crippen LogP contribution in [0.25, 0.3) is 0 Å². The largest absolute Gasteiger partial charge is 0.574 e. The molecule has 0 aromatic carbocycles. The number of pyridine rings is 1. The van der Waals surface area contributed by atoms with Crippen molar-refractivity contribution in [3.8, 4) is 5.88 Å². The van der Waals surface area contributed by atoms with Crippen molar-refractivity contribution in [3.63, 3.8) is 0 Å². The highest BCUT2D eigenvalue weighted by Crippen LogP contribution is 2.31. The van der Waals surface area contributed by atoms with Gasteiger partial charge in [-0.25, -0.2) is 4.98 Å². The number of hydrogen-bond acceptors (Lipinski definition) is 2. The van der Waals surface area contributed by atoms with E-state index in [9.17, 15) is 13.2 Å². The second kappa shape index (κ2) is 3.82. The Balaban J connectivity index is 3.04. The maximum atomic E-state index is 11.8. The minimum Gasteiger partial charge on any atom is -0.386 e. The lowest BCUT2D eigenvalue weighted by Crippen LogP contribution is -2.18. The average Bonchev–Trinajstić information content (AvgIpc) is 1.97. The van der Waals surface area contributed by atoms with Gasteiger partial charge in [0.1, 0.15) is 5.02 Å². The van der Waals surface area contributed by atoms with E-state index in [4.69, 9.17) is 23.2 Å². The standard InChI is InChI=1S/C7H4Cl2F3NO/c1-3-4(8)2-5(9)6(13-3)14-7(10,11)12/h2H,1H3. The van der Waals surface area contributed by atoms with Gasteiger partial charge in [0.05, 0.1) is 10.7 Å². The van der Waals surface area contributed by atoms with Crippen LogP contribution in [0.1, 0.15) is 5.69 Å². The Bertz CT molecular complexity index is 354. The van der Waals surface area contributed by atoms with Crippen molar-refractivity contribution in [1.82, 2.24) is 4.98 Å². The number of halogens is 5. The summed E-state index contributed by atoms with van der Waals surface area (Å²) in [5.74, 6) is -0.693. The van der Waals surface area contributed by atoms with Gasteiger partial charge in [-0.1, -0.05) is 23.2 Å². The Hall–Kier alpha value is -0.680. The zero-order valence-electron chi connectivity index (χ0n) is 6.82. The number of aryl methyl sites for hydroxylation is 1. The summed E-state index contributed by atoms with van der Waals surface area (Å²) in [6.07, 6.45) is -4.81. The molecule has 78 valence electrons. The summed E-state index contributed by atoms with van der Waals surface area (Å²) in [5, 5.41) is -0.0950. The molecule has 0 spiro atoms. The number of rotatable bonds is 1. The topological polar surface area (TPSA) is 22.1 Å². The van der Waals surface area contributed by atoms with Gasteiger partial charge in [-0.3, -0.25) is 0 Å². The number of alkyl halides is 3. The Morgan fingerprint density at radius 3 is 2.36 bits per heavy atom. The molecule has 0 aliphatic heterocycles. The van der Waals surface area contributed by atoms with E-state index >= 15 is 0 Å². The highest BCUT2D eigenvalue weighted by atomic mass is 35.5. The van der Waals surface area contributed by atoms with Crippen molar-refractivity contribution in [2.75, 3.05) is 0 Å². The van der Waals surface area contributed by atoms with Crippen molar-refractivity contribution < 1.29 is 17.9 Å². The third-order valence-electron chi connectivity index (χ3n) is 1.29. The maximum Gasteiger partial charge on any atom is 0.574 e. The summed E-state index contributed by atoms with van der Waals surface area (Å²) in [6, 6.07) is 1.15. The third kappa shape index (κ3) is 2.92.